The highest BCUT2D eigenvalue weighted by molar-refractivity contribution is 6.29. The zero-order valence-corrected chi connectivity index (χ0v) is 13.4. The topological polar surface area (TPSA) is 70.1 Å². The summed E-state index contributed by atoms with van der Waals surface area (Å²) in [6, 6.07) is 0.129. The molecule has 6 nitrogen and oxygen atoms in total. The maximum Gasteiger partial charge on any atom is 0.315 e. The molecule has 1 aromatic heterocycles. The van der Waals surface area contributed by atoms with E-state index in [1.54, 1.807) is 6.20 Å². The van der Waals surface area contributed by atoms with Crippen LogP contribution in [0.25, 0.3) is 0 Å². The molecule has 22 heavy (non-hydrogen) atoms. The van der Waals surface area contributed by atoms with Gasteiger partial charge in [0.05, 0.1) is 24.6 Å². The molecule has 120 valence electrons. The third-order valence-corrected chi connectivity index (χ3v) is 4.44. The van der Waals surface area contributed by atoms with E-state index in [2.05, 4.69) is 25.5 Å². The molecule has 0 bridgehead atoms. The third kappa shape index (κ3) is 4.81. The van der Waals surface area contributed by atoms with Gasteiger partial charge in [-0.25, -0.2) is 9.78 Å². The first-order valence-corrected chi connectivity index (χ1v) is 8.30. The molecule has 0 radical (unpaired) electrons. The molecule has 7 heteroatoms. The summed E-state index contributed by atoms with van der Waals surface area (Å²) in [5.41, 5.74) is 0.693. The lowest BCUT2D eigenvalue weighted by atomic mass is 10.1. The summed E-state index contributed by atoms with van der Waals surface area (Å²) in [4.78, 5) is 22.5. The number of carbonyl (C=O) groups is 1. The minimum atomic E-state index is -0.141. The molecule has 2 amide bonds. The standard InChI is InChI=1S/C15H22ClN5O/c16-14-9-17-13(7-18-14)8-19-15(22)20-12-3-5-21(6-4-12)10-11-1-2-11/h7,9,11-12H,1-6,8,10H2,(H2,19,20,22). The van der Waals surface area contributed by atoms with E-state index in [0.29, 0.717) is 17.4 Å². The lowest BCUT2D eigenvalue weighted by molar-refractivity contribution is 0.187. The van der Waals surface area contributed by atoms with Crippen LogP contribution in [0.3, 0.4) is 0 Å². The number of hydrogen-bond donors (Lipinski definition) is 2. The quantitative estimate of drug-likeness (QED) is 0.867. The van der Waals surface area contributed by atoms with Crippen LogP contribution in [0.15, 0.2) is 12.4 Å². The number of rotatable bonds is 5. The van der Waals surface area contributed by atoms with E-state index in [-0.39, 0.29) is 12.1 Å². The van der Waals surface area contributed by atoms with Gasteiger partial charge in [0.15, 0.2) is 0 Å². The van der Waals surface area contributed by atoms with Gasteiger partial charge in [-0.3, -0.25) is 4.98 Å². The van der Waals surface area contributed by atoms with Gasteiger partial charge in [-0.05, 0) is 31.6 Å². The number of likely N-dealkylation sites (tertiary alicyclic amines) is 1. The molecule has 1 aliphatic carbocycles. The van der Waals surface area contributed by atoms with Gasteiger partial charge in [0.1, 0.15) is 5.15 Å². The zero-order valence-electron chi connectivity index (χ0n) is 12.6. The second kappa shape index (κ2) is 7.24. The molecular formula is C15H22ClN5O. The van der Waals surface area contributed by atoms with Gasteiger partial charge in [0.2, 0.25) is 0 Å². The lowest BCUT2D eigenvalue weighted by Gasteiger charge is -2.32. The van der Waals surface area contributed by atoms with Crippen molar-refractivity contribution < 1.29 is 4.79 Å². The first-order chi connectivity index (χ1) is 10.7. The SMILES string of the molecule is O=C(NCc1cnc(Cl)cn1)NC1CCN(CC2CC2)CC1. The van der Waals surface area contributed by atoms with Gasteiger partial charge in [-0.1, -0.05) is 11.6 Å². The van der Waals surface area contributed by atoms with Crippen LogP contribution in [-0.4, -0.2) is 46.6 Å². The summed E-state index contributed by atoms with van der Waals surface area (Å²) < 4.78 is 0. The van der Waals surface area contributed by atoms with Gasteiger partial charge in [0, 0.05) is 25.7 Å². The fraction of sp³-hybridized carbons (Fsp3) is 0.667. The van der Waals surface area contributed by atoms with Crippen LogP contribution in [0.4, 0.5) is 4.79 Å². The predicted molar refractivity (Wildman–Crippen MR) is 84.6 cm³/mol. The summed E-state index contributed by atoms with van der Waals surface area (Å²) in [7, 11) is 0. The normalized spacial score (nSPS) is 19.9. The second-order valence-corrected chi connectivity index (χ2v) is 6.56. The van der Waals surface area contributed by atoms with Gasteiger partial charge < -0.3 is 15.5 Å². The molecule has 1 aliphatic heterocycles. The summed E-state index contributed by atoms with van der Waals surface area (Å²) in [5.74, 6) is 0.938. The van der Waals surface area contributed by atoms with Crippen LogP contribution in [-0.2, 0) is 6.54 Å². The third-order valence-electron chi connectivity index (χ3n) is 4.24. The number of aromatic nitrogens is 2. The summed E-state index contributed by atoms with van der Waals surface area (Å²) >= 11 is 5.67. The van der Waals surface area contributed by atoms with E-state index in [4.69, 9.17) is 11.6 Å². The molecule has 1 saturated heterocycles. The smallest absolute Gasteiger partial charge is 0.315 e. The molecule has 0 spiro atoms. The summed E-state index contributed by atoms with van der Waals surface area (Å²) in [6.45, 7) is 3.78. The molecular weight excluding hydrogens is 302 g/mol. The summed E-state index contributed by atoms with van der Waals surface area (Å²) in [5, 5.41) is 6.20. The van der Waals surface area contributed by atoms with E-state index in [9.17, 15) is 4.79 Å². The fourth-order valence-corrected chi connectivity index (χ4v) is 2.86. The van der Waals surface area contributed by atoms with E-state index >= 15 is 0 Å². The summed E-state index contributed by atoms with van der Waals surface area (Å²) in [6.07, 6.45) is 7.90. The van der Waals surface area contributed by atoms with E-state index < -0.39 is 0 Å². The molecule has 0 aromatic carbocycles. The number of halogens is 1. The van der Waals surface area contributed by atoms with E-state index in [1.807, 2.05) is 0 Å². The highest BCUT2D eigenvalue weighted by Gasteiger charge is 2.27. The zero-order chi connectivity index (χ0) is 15.4. The Morgan fingerprint density at radius 2 is 2.00 bits per heavy atom. The van der Waals surface area contributed by atoms with Crippen molar-refractivity contribution in [3.8, 4) is 0 Å². The molecule has 3 rings (SSSR count). The van der Waals surface area contributed by atoms with Gasteiger partial charge in [-0.2, -0.15) is 0 Å². The molecule has 0 unspecified atom stereocenters. The molecule has 1 saturated carbocycles. The highest BCUT2D eigenvalue weighted by Crippen LogP contribution is 2.30. The van der Waals surface area contributed by atoms with Crippen molar-refractivity contribution in [3.05, 3.63) is 23.2 Å². The fourth-order valence-electron chi connectivity index (χ4n) is 2.76. The molecule has 2 N–H and O–H groups in total. The molecule has 1 aromatic rings. The number of urea groups is 1. The Morgan fingerprint density at radius 3 is 2.64 bits per heavy atom. The minimum Gasteiger partial charge on any atom is -0.335 e. The van der Waals surface area contributed by atoms with Crippen molar-refractivity contribution in [3.63, 3.8) is 0 Å². The molecule has 2 heterocycles. The second-order valence-electron chi connectivity index (χ2n) is 6.18. The van der Waals surface area contributed by atoms with Crippen LogP contribution in [0, 0.1) is 5.92 Å². The van der Waals surface area contributed by atoms with Crippen LogP contribution < -0.4 is 10.6 Å². The Balaban J connectivity index is 1.34. The van der Waals surface area contributed by atoms with Crippen molar-refractivity contribution in [2.75, 3.05) is 19.6 Å². The maximum atomic E-state index is 11.9. The number of nitrogens with zero attached hydrogens (tertiary/aromatic N) is 3. The highest BCUT2D eigenvalue weighted by atomic mass is 35.5. The van der Waals surface area contributed by atoms with Gasteiger partial charge >= 0.3 is 6.03 Å². The van der Waals surface area contributed by atoms with Crippen molar-refractivity contribution in [1.29, 1.82) is 0 Å². The number of carbonyl (C=O) groups excluding carboxylic acids is 1. The Bertz CT molecular complexity index is 497. The van der Waals surface area contributed by atoms with Crippen molar-refractivity contribution in [2.24, 2.45) is 5.92 Å². The van der Waals surface area contributed by atoms with E-state index in [1.165, 1.54) is 25.6 Å². The monoisotopic (exact) mass is 323 g/mol. The molecule has 2 fully saturated rings. The Kier molecular flexibility index (Phi) is 5.10. The molecule has 0 atom stereocenters. The van der Waals surface area contributed by atoms with Gasteiger partial charge in [0.25, 0.3) is 0 Å². The van der Waals surface area contributed by atoms with Gasteiger partial charge in [-0.15, -0.1) is 0 Å². The van der Waals surface area contributed by atoms with Crippen LogP contribution in [0.2, 0.25) is 5.15 Å². The van der Waals surface area contributed by atoms with Crippen molar-refractivity contribution in [2.45, 2.75) is 38.3 Å². The minimum absolute atomic E-state index is 0.141. The predicted octanol–water partition coefficient (Wildman–Crippen LogP) is 1.80. The number of nitrogens with one attached hydrogen (secondary N) is 2. The Hall–Kier alpha value is -1.40. The average Bonchev–Trinajstić information content (AvgIpc) is 3.33. The Morgan fingerprint density at radius 1 is 1.23 bits per heavy atom. The largest absolute Gasteiger partial charge is 0.335 e. The first kappa shape index (κ1) is 15.5. The van der Waals surface area contributed by atoms with Crippen LogP contribution in [0.5, 0.6) is 0 Å². The van der Waals surface area contributed by atoms with Crippen molar-refractivity contribution in [1.82, 2.24) is 25.5 Å². The lowest BCUT2D eigenvalue weighted by Crippen LogP contribution is -2.48. The molecule has 2 aliphatic rings. The Labute approximate surface area is 135 Å². The first-order valence-electron chi connectivity index (χ1n) is 7.92. The van der Waals surface area contributed by atoms with Crippen molar-refractivity contribution >= 4 is 17.6 Å². The van der Waals surface area contributed by atoms with Crippen LogP contribution >= 0.6 is 11.6 Å². The average molecular weight is 324 g/mol. The van der Waals surface area contributed by atoms with Crippen LogP contribution in [0.1, 0.15) is 31.4 Å². The van der Waals surface area contributed by atoms with E-state index in [0.717, 1.165) is 31.8 Å². The number of hydrogen-bond acceptors (Lipinski definition) is 4. The number of piperidine rings is 1. The maximum absolute atomic E-state index is 11.9. The number of amides is 2.